The fourth-order valence-corrected chi connectivity index (χ4v) is 4.64. The van der Waals surface area contributed by atoms with Crippen molar-refractivity contribution in [1.82, 2.24) is 14.9 Å². The molecule has 2 aliphatic rings. The topological polar surface area (TPSA) is 77.1 Å². The molecule has 0 radical (unpaired) electrons. The number of nitrogens with one attached hydrogen (secondary N) is 1. The van der Waals surface area contributed by atoms with Crippen LogP contribution < -0.4 is 10.9 Å². The van der Waals surface area contributed by atoms with E-state index in [2.05, 4.69) is 24.1 Å². The number of hydrogen-bond donors (Lipinski definition) is 1. The lowest BCUT2D eigenvalue weighted by Gasteiger charge is -2.34. The van der Waals surface area contributed by atoms with Crippen LogP contribution in [0.4, 0.5) is 0 Å². The number of rotatable bonds is 2. The van der Waals surface area contributed by atoms with Crippen LogP contribution in [0.15, 0.2) is 26.6 Å². The minimum atomic E-state index is -0.364. The van der Waals surface area contributed by atoms with Gasteiger partial charge in [-0.05, 0) is 24.8 Å². The van der Waals surface area contributed by atoms with Crippen molar-refractivity contribution in [2.24, 2.45) is 5.41 Å². The first-order valence-corrected chi connectivity index (χ1v) is 9.45. The molecule has 1 aliphatic carbocycles. The van der Waals surface area contributed by atoms with E-state index < -0.39 is 0 Å². The number of amides is 1. The van der Waals surface area contributed by atoms with Gasteiger partial charge in [0.25, 0.3) is 11.5 Å². The van der Waals surface area contributed by atoms with E-state index in [4.69, 9.17) is 4.42 Å². The maximum atomic E-state index is 12.8. The highest BCUT2D eigenvalue weighted by molar-refractivity contribution is 7.99. The zero-order chi connectivity index (χ0) is 17.8. The van der Waals surface area contributed by atoms with Crippen molar-refractivity contribution in [3.8, 4) is 0 Å². The second-order valence-corrected chi connectivity index (χ2v) is 8.63. The van der Waals surface area contributed by atoms with E-state index in [9.17, 15) is 9.59 Å². The number of thioether (sulfide) groups is 1. The second-order valence-electron chi connectivity index (χ2n) is 7.57. The van der Waals surface area contributed by atoms with E-state index in [0.29, 0.717) is 11.7 Å². The third-order valence-corrected chi connectivity index (χ3v) is 5.81. The molecule has 0 saturated carbocycles. The van der Waals surface area contributed by atoms with Gasteiger partial charge in [-0.2, -0.15) is 0 Å². The maximum absolute atomic E-state index is 12.8. The first kappa shape index (κ1) is 16.4. The lowest BCUT2D eigenvalue weighted by atomic mass is 9.74. The molecule has 1 atom stereocenters. The second kappa shape index (κ2) is 5.76. The van der Waals surface area contributed by atoms with Gasteiger partial charge in [0.2, 0.25) is 0 Å². The fourth-order valence-electron chi connectivity index (χ4n) is 3.72. The molecule has 2 aromatic heterocycles. The standard InChI is InChI=1S/C18H21N3O3S/c1-10-6-11-13(7-18(2,3)8-14(11)24-10)20-15(22)12-9-19-17-21(16(12)23)4-5-25-17/h6,9,13H,4-5,7-8H2,1-3H3,(H,20,22)/t13-/m1/s1. The molecule has 3 heterocycles. The van der Waals surface area contributed by atoms with Crippen molar-refractivity contribution in [2.45, 2.75) is 51.4 Å². The van der Waals surface area contributed by atoms with Gasteiger partial charge < -0.3 is 9.73 Å². The molecule has 6 nitrogen and oxygen atoms in total. The molecule has 0 saturated heterocycles. The highest BCUT2D eigenvalue weighted by Crippen LogP contribution is 2.42. The average Bonchev–Trinajstić information content (AvgIpc) is 3.12. The van der Waals surface area contributed by atoms with E-state index in [1.807, 2.05) is 13.0 Å². The van der Waals surface area contributed by atoms with Crippen LogP contribution in [0.5, 0.6) is 0 Å². The predicted molar refractivity (Wildman–Crippen MR) is 95.0 cm³/mol. The first-order chi connectivity index (χ1) is 11.8. The van der Waals surface area contributed by atoms with Crippen LogP contribution in [-0.2, 0) is 13.0 Å². The van der Waals surface area contributed by atoms with Gasteiger partial charge in [0.15, 0.2) is 5.16 Å². The molecule has 2 aromatic rings. The van der Waals surface area contributed by atoms with Crippen molar-refractivity contribution >= 4 is 17.7 Å². The Morgan fingerprint density at radius 2 is 2.28 bits per heavy atom. The number of carbonyl (C=O) groups excluding carboxylic acids is 1. The molecule has 25 heavy (non-hydrogen) atoms. The maximum Gasteiger partial charge on any atom is 0.267 e. The molecule has 0 bridgehead atoms. The summed E-state index contributed by atoms with van der Waals surface area (Å²) in [6.45, 7) is 6.85. The number of fused-ring (bicyclic) bond motifs is 2. The Hall–Kier alpha value is -2.02. The van der Waals surface area contributed by atoms with Crippen molar-refractivity contribution in [1.29, 1.82) is 0 Å². The summed E-state index contributed by atoms with van der Waals surface area (Å²) in [6.07, 6.45) is 3.06. The van der Waals surface area contributed by atoms with Crippen molar-refractivity contribution < 1.29 is 9.21 Å². The van der Waals surface area contributed by atoms with Crippen LogP contribution in [0, 0.1) is 12.3 Å². The van der Waals surface area contributed by atoms with Gasteiger partial charge in [0.05, 0.1) is 6.04 Å². The van der Waals surface area contributed by atoms with E-state index in [1.165, 1.54) is 18.0 Å². The predicted octanol–water partition coefficient (Wildman–Crippen LogP) is 2.69. The van der Waals surface area contributed by atoms with Crippen molar-refractivity contribution in [2.75, 3.05) is 5.75 Å². The smallest absolute Gasteiger partial charge is 0.267 e. The van der Waals surface area contributed by atoms with Crippen LogP contribution >= 0.6 is 11.8 Å². The van der Waals surface area contributed by atoms with Gasteiger partial charge in [0.1, 0.15) is 17.1 Å². The molecule has 0 spiro atoms. The van der Waals surface area contributed by atoms with E-state index >= 15 is 0 Å². The molecule has 1 aliphatic heterocycles. The first-order valence-electron chi connectivity index (χ1n) is 8.47. The summed E-state index contributed by atoms with van der Waals surface area (Å²) >= 11 is 1.54. The van der Waals surface area contributed by atoms with Crippen LogP contribution in [0.3, 0.4) is 0 Å². The van der Waals surface area contributed by atoms with Crippen molar-refractivity contribution in [3.63, 3.8) is 0 Å². The summed E-state index contributed by atoms with van der Waals surface area (Å²) in [5.41, 5.74) is 0.898. The Morgan fingerprint density at radius 1 is 1.48 bits per heavy atom. The summed E-state index contributed by atoms with van der Waals surface area (Å²) in [5.74, 6) is 2.23. The number of nitrogens with zero attached hydrogens (tertiary/aromatic N) is 2. The van der Waals surface area contributed by atoms with Gasteiger partial charge in [0, 0.05) is 30.5 Å². The third kappa shape index (κ3) is 2.90. The van der Waals surface area contributed by atoms with Crippen LogP contribution in [0.25, 0.3) is 0 Å². The normalized spacial score (nSPS) is 20.8. The van der Waals surface area contributed by atoms with Gasteiger partial charge in [-0.3, -0.25) is 14.2 Å². The number of aryl methyl sites for hydroxylation is 1. The van der Waals surface area contributed by atoms with Gasteiger partial charge in [-0.25, -0.2) is 4.98 Å². The van der Waals surface area contributed by atoms with Gasteiger partial charge >= 0.3 is 0 Å². The molecular weight excluding hydrogens is 338 g/mol. The molecule has 1 N–H and O–H groups in total. The highest BCUT2D eigenvalue weighted by atomic mass is 32.2. The molecule has 7 heteroatoms. The van der Waals surface area contributed by atoms with E-state index in [0.717, 1.165) is 35.7 Å². The molecular formula is C18H21N3O3S. The van der Waals surface area contributed by atoms with E-state index in [1.54, 1.807) is 4.57 Å². The van der Waals surface area contributed by atoms with Crippen LogP contribution in [-0.4, -0.2) is 21.2 Å². The number of aromatic nitrogens is 2. The lowest BCUT2D eigenvalue weighted by Crippen LogP contribution is -2.39. The summed E-state index contributed by atoms with van der Waals surface area (Å²) in [6, 6.07) is 1.83. The minimum absolute atomic E-state index is 0.0249. The number of carbonyl (C=O) groups is 1. The van der Waals surface area contributed by atoms with E-state index in [-0.39, 0.29) is 28.5 Å². The van der Waals surface area contributed by atoms with Gasteiger partial charge in [-0.1, -0.05) is 25.6 Å². The third-order valence-electron chi connectivity index (χ3n) is 4.84. The molecule has 132 valence electrons. The summed E-state index contributed by atoms with van der Waals surface area (Å²) in [4.78, 5) is 29.6. The molecule has 0 unspecified atom stereocenters. The summed E-state index contributed by atoms with van der Waals surface area (Å²) in [7, 11) is 0. The monoisotopic (exact) mass is 359 g/mol. The number of hydrogen-bond acceptors (Lipinski definition) is 5. The fraction of sp³-hybridized carbons (Fsp3) is 0.500. The SMILES string of the molecule is Cc1cc2c(o1)CC(C)(C)C[C@H]2NC(=O)c1cnc2n(c1=O)CCS2. The summed E-state index contributed by atoms with van der Waals surface area (Å²) < 4.78 is 7.39. The Morgan fingerprint density at radius 3 is 3.08 bits per heavy atom. The zero-order valence-corrected chi connectivity index (χ0v) is 15.4. The Balaban J connectivity index is 1.64. The van der Waals surface area contributed by atoms with Crippen molar-refractivity contribution in [3.05, 3.63) is 45.3 Å². The Bertz CT molecular complexity index is 913. The average molecular weight is 359 g/mol. The molecule has 1 amide bonds. The molecule has 0 aromatic carbocycles. The summed E-state index contributed by atoms with van der Waals surface area (Å²) in [5, 5.41) is 3.72. The largest absolute Gasteiger partial charge is 0.466 e. The highest BCUT2D eigenvalue weighted by Gasteiger charge is 2.36. The minimum Gasteiger partial charge on any atom is -0.466 e. The van der Waals surface area contributed by atoms with Gasteiger partial charge in [-0.15, -0.1) is 0 Å². The Labute approximate surface area is 150 Å². The Kier molecular flexibility index (Phi) is 3.79. The van der Waals surface area contributed by atoms with Crippen LogP contribution in [0.2, 0.25) is 0 Å². The number of furan rings is 1. The molecule has 0 fully saturated rings. The zero-order valence-electron chi connectivity index (χ0n) is 14.6. The quantitative estimate of drug-likeness (QED) is 0.834. The molecule has 4 rings (SSSR count). The lowest BCUT2D eigenvalue weighted by molar-refractivity contribution is 0.0914. The van der Waals surface area contributed by atoms with Crippen LogP contribution in [0.1, 0.15) is 53.8 Å².